The van der Waals surface area contributed by atoms with Crippen LogP contribution >= 0.6 is 0 Å². The predicted octanol–water partition coefficient (Wildman–Crippen LogP) is 14.2. The molecule has 9 aromatic carbocycles. The molecule has 51 heavy (non-hydrogen) atoms. The Morgan fingerprint density at radius 3 is 1.63 bits per heavy atom. The molecule has 0 aliphatic carbocycles. The van der Waals surface area contributed by atoms with Crippen LogP contribution in [0.1, 0.15) is 19.2 Å². The molecule has 0 radical (unpaired) electrons. The van der Waals surface area contributed by atoms with Crippen LogP contribution in [0.2, 0.25) is 0 Å². The summed E-state index contributed by atoms with van der Waals surface area (Å²) >= 11 is 0. The molecule has 0 atom stereocenters. The molecule has 10 aromatic rings. The first-order valence-electron chi connectivity index (χ1n) is 23.4. The van der Waals surface area contributed by atoms with Gasteiger partial charge in [-0.25, -0.2) is 0 Å². The van der Waals surface area contributed by atoms with Gasteiger partial charge < -0.3 is 4.42 Å². The number of furan rings is 1. The zero-order valence-electron chi connectivity index (χ0n) is 40.8. The lowest BCUT2D eigenvalue weighted by Crippen LogP contribution is -1.93. The summed E-state index contributed by atoms with van der Waals surface area (Å²) in [7, 11) is 0. The highest BCUT2D eigenvalue weighted by Gasteiger charge is 2.21. The van der Waals surface area contributed by atoms with Crippen molar-refractivity contribution in [3.63, 3.8) is 0 Å². The number of fused-ring (bicyclic) bond motifs is 5. The number of hydrogen-bond donors (Lipinski definition) is 0. The van der Waals surface area contributed by atoms with Crippen molar-refractivity contribution >= 4 is 43.5 Å². The second-order valence-corrected chi connectivity index (χ2v) is 12.1. The Kier molecular flexibility index (Phi) is 4.32. The van der Waals surface area contributed by atoms with Gasteiger partial charge >= 0.3 is 0 Å². The van der Waals surface area contributed by atoms with E-state index in [1.54, 1.807) is 109 Å². The van der Waals surface area contributed by atoms with Crippen molar-refractivity contribution in [3.05, 3.63) is 194 Å². The normalized spacial score (nSPS) is 15.4. The molecule has 10 rings (SSSR count). The number of rotatable bonds is 5. The predicted molar refractivity (Wildman–Crippen MR) is 216 cm³/mol. The maximum absolute atomic E-state index is 10.0. The molecule has 1 heteroatoms. The lowest BCUT2D eigenvalue weighted by Gasteiger charge is -2.19. The van der Waals surface area contributed by atoms with E-state index in [4.69, 9.17) is 16.8 Å². The van der Waals surface area contributed by atoms with Gasteiger partial charge in [-0.1, -0.05) is 170 Å². The third kappa shape index (κ3) is 4.86. The molecule has 1 heterocycles. The van der Waals surface area contributed by atoms with E-state index in [2.05, 4.69) is 0 Å². The van der Waals surface area contributed by atoms with Gasteiger partial charge in [0.05, 0.1) is 19.2 Å². The van der Waals surface area contributed by atoms with Crippen molar-refractivity contribution in [1.29, 1.82) is 0 Å². The van der Waals surface area contributed by atoms with Crippen LogP contribution in [0.4, 0.5) is 0 Å². The first kappa shape index (κ1) is 18.3. The molecule has 0 fully saturated rings. The van der Waals surface area contributed by atoms with Crippen LogP contribution in [0.15, 0.2) is 198 Å². The topological polar surface area (TPSA) is 13.1 Å². The molecule has 1 aromatic heterocycles. The van der Waals surface area contributed by atoms with Gasteiger partial charge in [-0.2, -0.15) is 0 Å². The largest absolute Gasteiger partial charge is 0.456 e. The summed E-state index contributed by atoms with van der Waals surface area (Å²) in [6.45, 7) is 0. The second-order valence-electron chi connectivity index (χ2n) is 12.1. The summed E-state index contributed by atoms with van der Waals surface area (Å²) < 4.78 is 134. The van der Waals surface area contributed by atoms with Crippen LogP contribution in [0, 0.1) is 0 Å². The molecule has 0 unspecified atom stereocenters. The van der Waals surface area contributed by atoms with Gasteiger partial charge in [-0.3, -0.25) is 0 Å². The third-order valence-electron chi connectivity index (χ3n) is 9.19. The van der Waals surface area contributed by atoms with Crippen LogP contribution < -0.4 is 0 Å². The zero-order chi connectivity index (χ0) is 45.9. The molecule has 0 amide bonds. The Balaban J connectivity index is 1.38. The maximum Gasteiger partial charge on any atom is 0.136 e. The van der Waals surface area contributed by atoms with Gasteiger partial charge in [-0.15, -0.1) is 0 Å². The molecular weight excluding hydrogens is 617 g/mol. The van der Waals surface area contributed by atoms with Gasteiger partial charge in [0.15, 0.2) is 0 Å². The molecule has 0 bridgehead atoms. The van der Waals surface area contributed by atoms with Crippen LogP contribution in [-0.4, -0.2) is 0 Å². The minimum absolute atomic E-state index is 0.0272. The molecule has 238 valence electrons. The van der Waals surface area contributed by atoms with E-state index >= 15 is 0 Å². The summed E-state index contributed by atoms with van der Waals surface area (Å²) in [5.41, 5.74) is 1.40. The van der Waals surface area contributed by atoms with Crippen molar-refractivity contribution in [2.24, 2.45) is 0 Å². The van der Waals surface area contributed by atoms with Crippen LogP contribution in [0.3, 0.4) is 0 Å². The van der Waals surface area contributed by atoms with Crippen molar-refractivity contribution in [1.82, 2.24) is 0 Å². The van der Waals surface area contributed by atoms with Gasteiger partial charge in [-0.05, 0) is 101 Å². The number of benzene rings is 9. The second kappa shape index (κ2) is 12.0. The molecular formula is C50H32O. The number of hydrogen-bond acceptors (Lipinski definition) is 1. The average Bonchev–Trinajstić information content (AvgIpc) is 3.72. The molecule has 0 aliphatic heterocycles. The Hall–Kier alpha value is -6.70. The Labute approximate surface area is 316 Å². The van der Waals surface area contributed by atoms with Crippen molar-refractivity contribution in [3.8, 4) is 55.6 Å². The Morgan fingerprint density at radius 1 is 0.333 bits per heavy atom. The van der Waals surface area contributed by atoms with Crippen LogP contribution in [0.25, 0.3) is 99.1 Å². The van der Waals surface area contributed by atoms with Gasteiger partial charge in [0.1, 0.15) is 11.2 Å². The van der Waals surface area contributed by atoms with E-state index in [0.717, 1.165) is 0 Å². The molecule has 0 saturated heterocycles. The van der Waals surface area contributed by atoms with Crippen molar-refractivity contribution < 1.29 is 23.6 Å². The highest BCUT2D eigenvalue weighted by atomic mass is 16.3. The van der Waals surface area contributed by atoms with Crippen LogP contribution in [-0.2, 0) is 0 Å². The van der Waals surface area contributed by atoms with Crippen LogP contribution in [0.5, 0.6) is 0 Å². The van der Waals surface area contributed by atoms with Crippen molar-refractivity contribution in [2.45, 2.75) is 0 Å². The third-order valence-corrected chi connectivity index (χ3v) is 9.19. The van der Waals surface area contributed by atoms with E-state index < -0.39 is 54.4 Å². The molecule has 0 saturated carbocycles. The summed E-state index contributed by atoms with van der Waals surface area (Å²) in [4.78, 5) is 0. The van der Waals surface area contributed by atoms with E-state index in [-0.39, 0.29) is 85.5 Å². The maximum atomic E-state index is 10.0. The zero-order valence-corrected chi connectivity index (χ0v) is 26.8. The first-order chi connectivity index (χ1) is 31.2. The fourth-order valence-corrected chi connectivity index (χ4v) is 6.97. The lowest BCUT2D eigenvalue weighted by atomic mass is 9.83. The smallest absolute Gasteiger partial charge is 0.136 e. The van der Waals surface area contributed by atoms with Gasteiger partial charge in [0.2, 0.25) is 0 Å². The molecule has 0 spiro atoms. The van der Waals surface area contributed by atoms with Crippen molar-refractivity contribution in [2.75, 3.05) is 0 Å². The Bertz CT molecular complexity index is 3610. The van der Waals surface area contributed by atoms with E-state index in [9.17, 15) is 6.85 Å². The van der Waals surface area contributed by atoms with E-state index in [1.165, 1.54) is 0 Å². The Morgan fingerprint density at radius 2 is 0.941 bits per heavy atom. The standard InChI is InChI=1S/C50H32O/c1-4-15-33(16-5-1)36-28-30-46-45(31-36)50-43(25-14-26-47(50)51-46)49-41-23-12-10-21-39(41)48(40-22-11-13-24-42(40)49)37-27-29-38(34-17-6-2-7-18-34)44(32-37)35-19-8-3-9-20-35/h1-32H/i2D,6D,7D,14D,17D,18D,25D,26D,27D,28D,29D,30D,31D,32D. The first-order valence-corrected chi connectivity index (χ1v) is 16.4. The summed E-state index contributed by atoms with van der Waals surface area (Å²) in [6, 6.07) is 25.5. The molecule has 0 aliphatic rings. The minimum atomic E-state index is -0.621. The lowest BCUT2D eigenvalue weighted by molar-refractivity contribution is 0.669. The summed E-state index contributed by atoms with van der Waals surface area (Å²) in [5, 5.41) is 2.18. The fraction of sp³-hybridized carbons (Fsp3) is 0. The fourth-order valence-electron chi connectivity index (χ4n) is 6.97. The highest BCUT2D eigenvalue weighted by molar-refractivity contribution is 6.26. The summed E-state index contributed by atoms with van der Waals surface area (Å²) in [5.74, 6) is 0. The molecule has 0 N–H and O–H groups in total. The molecule has 1 nitrogen and oxygen atoms in total. The van der Waals surface area contributed by atoms with Gasteiger partial charge in [0.25, 0.3) is 0 Å². The van der Waals surface area contributed by atoms with E-state index in [0.29, 0.717) is 43.8 Å². The highest BCUT2D eigenvalue weighted by Crippen LogP contribution is 2.48. The average molecular weight is 663 g/mol. The summed E-state index contributed by atoms with van der Waals surface area (Å²) in [6.07, 6.45) is 0. The minimum Gasteiger partial charge on any atom is -0.456 e. The SMILES string of the molecule is [2H]c1c([2H])c([2H])c(-c2c([2H])c([2H])c(-c3c4ccccc4c(-c4c([2H])c([2H])c([2H])c5oc6c([2H])c([2H])c(-c7ccccc7)c([2H])c6c45)c4ccccc34)c([2H])c2-c2ccccc2)c([2H])c1[2H]. The van der Waals surface area contributed by atoms with E-state index in [1.807, 2.05) is 0 Å². The quantitative estimate of drug-likeness (QED) is 0.167. The monoisotopic (exact) mass is 662 g/mol. The van der Waals surface area contributed by atoms with Gasteiger partial charge in [0, 0.05) is 10.8 Å².